The summed E-state index contributed by atoms with van der Waals surface area (Å²) in [5, 5.41) is 10.4. The monoisotopic (exact) mass is 280 g/mol. The van der Waals surface area contributed by atoms with Crippen molar-refractivity contribution in [3.05, 3.63) is 18.0 Å². The van der Waals surface area contributed by atoms with Crippen molar-refractivity contribution in [2.75, 3.05) is 7.05 Å². The Morgan fingerprint density at radius 2 is 2.05 bits per heavy atom. The van der Waals surface area contributed by atoms with E-state index in [4.69, 9.17) is 0 Å². The summed E-state index contributed by atoms with van der Waals surface area (Å²) in [6.07, 6.45) is 4.71. The minimum atomic E-state index is -0.155. The molecule has 0 saturated heterocycles. The van der Waals surface area contributed by atoms with E-state index < -0.39 is 0 Å². The van der Waals surface area contributed by atoms with Gasteiger partial charge >= 0.3 is 0 Å². The van der Waals surface area contributed by atoms with Crippen LogP contribution in [0.5, 0.6) is 0 Å². The lowest BCUT2D eigenvalue weighted by Crippen LogP contribution is -2.43. The van der Waals surface area contributed by atoms with E-state index in [1.165, 1.54) is 0 Å². The first-order valence-corrected chi connectivity index (χ1v) is 7.23. The van der Waals surface area contributed by atoms with Gasteiger partial charge in [-0.1, -0.05) is 13.8 Å². The molecule has 0 aliphatic heterocycles. The van der Waals surface area contributed by atoms with Crippen LogP contribution >= 0.6 is 0 Å². The summed E-state index contributed by atoms with van der Waals surface area (Å²) >= 11 is 0. The van der Waals surface area contributed by atoms with Crippen LogP contribution in [-0.2, 0) is 16.9 Å². The number of nitrogens with zero attached hydrogens (tertiary/aromatic N) is 2. The van der Waals surface area contributed by atoms with Crippen molar-refractivity contribution in [1.82, 2.24) is 20.4 Å². The summed E-state index contributed by atoms with van der Waals surface area (Å²) in [4.78, 5) is 11.8. The molecule has 0 aliphatic carbocycles. The van der Waals surface area contributed by atoms with Crippen molar-refractivity contribution in [2.45, 2.75) is 59.2 Å². The molecule has 2 N–H and O–H groups in total. The van der Waals surface area contributed by atoms with Gasteiger partial charge in [-0.15, -0.1) is 0 Å². The molecule has 5 heteroatoms. The van der Waals surface area contributed by atoms with E-state index in [0.717, 1.165) is 12.0 Å². The Labute approximate surface area is 122 Å². The minimum Gasteiger partial charge on any atom is -0.358 e. The van der Waals surface area contributed by atoms with Crippen LogP contribution in [-0.4, -0.2) is 28.8 Å². The minimum absolute atomic E-state index is 0.0175. The molecular weight excluding hydrogens is 252 g/mol. The number of carbonyl (C=O) groups excluding carboxylic acids is 1. The Balaban J connectivity index is 2.63. The predicted octanol–water partition coefficient (Wildman–Crippen LogP) is 1.89. The number of carbonyl (C=O) groups is 1. The van der Waals surface area contributed by atoms with E-state index in [1.807, 2.05) is 17.1 Å². The molecular formula is C15H28N4O. The summed E-state index contributed by atoms with van der Waals surface area (Å²) in [5.74, 6) is 0.518. The first-order chi connectivity index (χ1) is 9.24. The van der Waals surface area contributed by atoms with Crippen LogP contribution in [0.1, 0.15) is 46.6 Å². The van der Waals surface area contributed by atoms with Crippen LogP contribution in [0, 0.1) is 5.92 Å². The predicted molar refractivity (Wildman–Crippen MR) is 81.4 cm³/mol. The summed E-state index contributed by atoms with van der Waals surface area (Å²) in [6.45, 7) is 11.2. The lowest BCUT2D eigenvalue weighted by molar-refractivity contribution is -0.123. The maximum Gasteiger partial charge on any atom is 0.236 e. The molecule has 0 bridgehead atoms. The van der Waals surface area contributed by atoms with Crippen LogP contribution in [0.4, 0.5) is 0 Å². The number of aromatic nitrogens is 2. The number of rotatable bonds is 6. The third kappa shape index (κ3) is 4.96. The van der Waals surface area contributed by atoms with Gasteiger partial charge in [0.25, 0.3) is 0 Å². The highest BCUT2D eigenvalue weighted by Gasteiger charge is 2.19. The van der Waals surface area contributed by atoms with Crippen molar-refractivity contribution in [1.29, 1.82) is 0 Å². The molecule has 0 aromatic carbocycles. The molecule has 1 unspecified atom stereocenters. The summed E-state index contributed by atoms with van der Waals surface area (Å²) in [6, 6.07) is -0.155. The zero-order valence-electron chi connectivity index (χ0n) is 13.5. The number of hydrogen-bond acceptors (Lipinski definition) is 3. The Hall–Kier alpha value is -1.36. The van der Waals surface area contributed by atoms with Gasteiger partial charge in [-0.3, -0.25) is 9.48 Å². The van der Waals surface area contributed by atoms with Crippen molar-refractivity contribution < 1.29 is 4.79 Å². The number of hydrogen-bond donors (Lipinski definition) is 2. The van der Waals surface area contributed by atoms with Crippen LogP contribution in [0.15, 0.2) is 12.4 Å². The second kappa shape index (κ2) is 6.88. The fraction of sp³-hybridized carbons (Fsp3) is 0.733. The third-order valence-electron chi connectivity index (χ3n) is 3.15. The summed E-state index contributed by atoms with van der Waals surface area (Å²) < 4.78 is 1.95. The molecule has 1 atom stereocenters. The maximum absolute atomic E-state index is 11.8. The molecule has 20 heavy (non-hydrogen) atoms. The highest BCUT2D eigenvalue weighted by molar-refractivity contribution is 5.81. The molecule has 0 saturated carbocycles. The van der Waals surface area contributed by atoms with Gasteiger partial charge in [0.05, 0.1) is 17.8 Å². The average Bonchev–Trinajstić information content (AvgIpc) is 2.81. The zero-order chi connectivity index (χ0) is 15.3. The van der Waals surface area contributed by atoms with E-state index in [9.17, 15) is 4.79 Å². The van der Waals surface area contributed by atoms with Crippen molar-refractivity contribution in [3.63, 3.8) is 0 Å². The van der Waals surface area contributed by atoms with E-state index >= 15 is 0 Å². The number of nitrogens with one attached hydrogen (secondary N) is 2. The molecule has 1 heterocycles. The molecule has 114 valence electrons. The van der Waals surface area contributed by atoms with E-state index in [0.29, 0.717) is 12.5 Å². The number of amides is 1. The van der Waals surface area contributed by atoms with Crippen LogP contribution < -0.4 is 10.6 Å². The first-order valence-electron chi connectivity index (χ1n) is 7.23. The van der Waals surface area contributed by atoms with E-state index in [1.54, 1.807) is 7.05 Å². The summed E-state index contributed by atoms with van der Waals surface area (Å²) in [7, 11) is 1.68. The molecule has 0 spiro atoms. The second-order valence-corrected chi connectivity index (χ2v) is 6.64. The van der Waals surface area contributed by atoms with Crippen molar-refractivity contribution >= 4 is 5.91 Å². The SMILES string of the molecule is CNC(=O)C(CC(C)C)NCc1cnn(C(C)(C)C)c1. The van der Waals surface area contributed by atoms with E-state index in [-0.39, 0.29) is 17.5 Å². The van der Waals surface area contributed by atoms with Gasteiger partial charge in [0.15, 0.2) is 0 Å². The van der Waals surface area contributed by atoms with Crippen LogP contribution in [0.2, 0.25) is 0 Å². The second-order valence-electron chi connectivity index (χ2n) is 6.64. The fourth-order valence-corrected chi connectivity index (χ4v) is 1.99. The number of likely N-dealkylation sites (N-methyl/N-ethyl adjacent to an activating group) is 1. The van der Waals surface area contributed by atoms with Gasteiger partial charge in [0, 0.05) is 25.4 Å². The van der Waals surface area contributed by atoms with Crippen LogP contribution in [0.25, 0.3) is 0 Å². The molecule has 5 nitrogen and oxygen atoms in total. The van der Waals surface area contributed by atoms with Crippen molar-refractivity contribution in [2.24, 2.45) is 5.92 Å². The molecule has 1 aromatic rings. The molecule has 0 fully saturated rings. The van der Waals surface area contributed by atoms with Gasteiger partial charge < -0.3 is 10.6 Å². The Bertz CT molecular complexity index is 431. The molecule has 1 aromatic heterocycles. The molecule has 0 aliphatic rings. The highest BCUT2D eigenvalue weighted by atomic mass is 16.2. The fourth-order valence-electron chi connectivity index (χ4n) is 1.99. The van der Waals surface area contributed by atoms with Gasteiger partial charge in [-0.2, -0.15) is 5.10 Å². The third-order valence-corrected chi connectivity index (χ3v) is 3.15. The maximum atomic E-state index is 11.8. The topological polar surface area (TPSA) is 59.0 Å². The van der Waals surface area contributed by atoms with E-state index in [2.05, 4.69) is 50.4 Å². The van der Waals surface area contributed by atoms with Gasteiger partial charge in [0.1, 0.15) is 0 Å². The zero-order valence-corrected chi connectivity index (χ0v) is 13.5. The first kappa shape index (κ1) is 16.7. The van der Waals surface area contributed by atoms with Crippen molar-refractivity contribution in [3.8, 4) is 0 Å². The standard InChI is InChI=1S/C15H28N4O/c1-11(2)7-13(14(20)16-6)17-8-12-9-18-19(10-12)15(3,4)5/h9-11,13,17H,7-8H2,1-6H3,(H,16,20). The average molecular weight is 280 g/mol. The van der Waals surface area contributed by atoms with Gasteiger partial charge in [0.2, 0.25) is 5.91 Å². The molecule has 0 radical (unpaired) electrons. The normalized spacial score (nSPS) is 13.6. The molecule has 1 rings (SSSR count). The smallest absolute Gasteiger partial charge is 0.236 e. The molecule has 1 amide bonds. The quantitative estimate of drug-likeness (QED) is 0.836. The Morgan fingerprint density at radius 1 is 1.40 bits per heavy atom. The Morgan fingerprint density at radius 3 is 2.50 bits per heavy atom. The summed E-state index contributed by atoms with van der Waals surface area (Å²) in [5.41, 5.74) is 1.08. The van der Waals surface area contributed by atoms with Gasteiger partial charge in [-0.25, -0.2) is 0 Å². The largest absolute Gasteiger partial charge is 0.358 e. The van der Waals surface area contributed by atoms with Crippen LogP contribution in [0.3, 0.4) is 0 Å². The Kier molecular flexibility index (Phi) is 5.74. The lowest BCUT2D eigenvalue weighted by Gasteiger charge is -2.19. The lowest BCUT2D eigenvalue weighted by atomic mass is 10.0. The highest BCUT2D eigenvalue weighted by Crippen LogP contribution is 2.13. The van der Waals surface area contributed by atoms with Gasteiger partial charge in [-0.05, 0) is 33.1 Å².